The Morgan fingerprint density at radius 3 is 2.33 bits per heavy atom. The first-order chi connectivity index (χ1) is 4.43. The summed E-state index contributed by atoms with van der Waals surface area (Å²) in [5.41, 5.74) is 0.958. The summed E-state index contributed by atoms with van der Waals surface area (Å²) in [5, 5.41) is 0. The van der Waals surface area contributed by atoms with Gasteiger partial charge in [-0.3, -0.25) is 0 Å². The summed E-state index contributed by atoms with van der Waals surface area (Å²) in [6, 6.07) is 9.64. The Bertz CT molecular complexity index is 228. The summed E-state index contributed by atoms with van der Waals surface area (Å²) in [7, 11) is 5.00. The van der Waals surface area contributed by atoms with E-state index in [2.05, 4.69) is 11.7 Å². The van der Waals surface area contributed by atoms with E-state index in [9.17, 15) is 0 Å². The molecule has 40 valence electrons. The van der Waals surface area contributed by atoms with Crippen LogP contribution in [0.4, 0.5) is 0 Å². The highest BCUT2D eigenvalue weighted by atomic mass is 13.8. The molecule has 0 heterocycles. The third-order valence-electron chi connectivity index (χ3n) is 0.990. The highest BCUT2D eigenvalue weighted by Gasteiger charge is 1.77. The van der Waals surface area contributed by atoms with Gasteiger partial charge in [-0.1, -0.05) is 24.1 Å². The van der Waals surface area contributed by atoms with E-state index in [-0.39, 0.29) is 0 Å². The van der Waals surface area contributed by atoms with Crippen LogP contribution in [0.5, 0.6) is 0 Å². The molecule has 0 N–H and O–H groups in total. The van der Waals surface area contributed by atoms with Crippen LogP contribution in [0.3, 0.4) is 0 Å². The fourth-order valence-corrected chi connectivity index (χ4v) is 0.605. The lowest BCUT2D eigenvalue weighted by atomic mass is 10.1. The van der Waals surface area contributed by atoms with Crippen LogP contribution in [0.25, 0.3) is 0 Å². The Morgan fingerprint density at radius 1 is 1.11 bits per heavy atom. The van der Waals surface area contributed by atoms with Crippen molar-refractivity contribution in [3.05, 3.63) is 35.9 Å². The van der Waals surface area contributed by atoms with Gasteiger partial charge in [0.15, 0.2) is 7.85 Å². The van der Waals surface area contributed by atoms with Crippen molar-refractivity contribution in [2.75, 3.05) is 0 Å². The maximum Gasteiger partial charge on any atom is 0.188 e. The average molecular weight is 112 g/mol. The van der Waals surface area contributed by atoms with Crippen LogP contribution >= 0.6 is 0 Å². The molecule has 0 fully saturated rings. The van der Waals surface area contributed by atoms with Crippen LogP contribution in [0.1, 0.15) is 5.56 Å². The fraction of sp³-hybridized carbons (Fsp3) is 0. The Balaban J connectivity index is 2.94. The standard InChI is InChI=1S/C8H5B/c9-7-6-8-4-2-1-3-5-8/h1-5H. The average Bonchev–Trinajstić information content (AvgIpc) is 1.91. The third kappa shape index (κ3) is 1.66. The predicted molar refractivity (Wildman–Crippen MR) is 39.1 cm³/mol. The maximum absolute atomic E-state index is 5.00. The molecule has 0 saturated carbocycles. The van der Waals surface area contributed by atoms with Crippen LogP contribution in [0.2, 0.25) is 0 Å². The van der Waals surface area contributed by atoms with Gasteiger partial charge in [0.1, 0.15) is 0 Å². The molecule has 0 aliphatic rings. The third-order valence-corrected chi connectivity index (χ3v) is 0.990. The second-order valence-corrected chi connectivity index (χ2v) is 1.64. The van der Waals surface area contributed by atoms with E-state index in [1.54, 1.807) is 0 Å². The Labute approximate surface area is 56.3 Å². The molecule has 9 heavy (non-hydrogen) atoms. The lowest BCUT2D eigenvalue weighted by molar-refractivity contribution is 1.65. The monoisotopic (exact) mass is 112 g/mol. The molecule has 1 heteroatoms. The first kappa shape index (κ1) is 5.97. The highest BCUT2D eigenvalue weighted by molar-refractivity contribution is 6.22. The Hall–Kier alpha value is -1.16. The van der Waals surface area contributed by atoms with Gasteiger partial charge in [0, 0.05) is 5.56 Å². The van der Waals surface area contributed by atoms with E-state index < -0.39 is 0 Å². The SMILES string of the molecule is [B]C#Cc1ccccc1. The van der Waals surface area contributed by atoms with Gasteiger partial charge in [0.05, 0.1) is 0 Å². The van der Waals surface area contributed by atoms with Gasteiger partial charge >= 0.3 is 0 Å². The molecule has 1 aromatic rings. The van der Waals surface area contributed by atoms with E-state index in [1.165, 1.54) is 0 Å². The Kier molecular flexibility index (Phi) is 1.98. The van der Waals surface area contributed by atoms with Crippen molar-refractivity contribution >= 4 is 7.85 Å². The number of hydrogen-bond donors (Lipinski definition) is 0. The molecule has 0 aliphatic heterocycles. The molecule has 0 atom stereocenters. The quantitative estimate of drug-likeness (QED) is 0.349. The fourth-order valence-electron chi connectivity index (χ4n) is 0.605. The van der Waals surface area contributed by atoms with Crippen LogP contribution in [-0.4, -0.2) is 7.85 Å². The van der Waals surface area contributed by atoms with Crippen LogP contribution < -0.4 is 0 Å². The molecule has 0 aromatic heterocycles. The Morgan fingerprint density at radius 2 is 1.78 bits per heavy atom. The summed E-state index contributed by atoms with van der Waals surface area (Å²) in [5.74, 6) is 5.07. The molecular formula is C8H5B. The zero-order valence-corrected chi connectivity index (χ0v) is 4.96. The van der Waals surface area contributed by atoms with Crippen molar-refractivity contribution in [3.63, 3.8) is 0 Å². The summed E-state index contributed by atoms with van der Waals surface area (Å²) in [4.78, 5) is 0. The van der Waals surface area contributed by atoms with Crippen molar-refractivity contribution in [1.82, 2.24) is 0 Å². The van der Waals surface area contributed by atoms with Crippen molar-refractivity contribution in [1.29, 1.82) is 0 Å². The molecule has 0 amide bonds. The summed E-state index contributed by atoms with van der Waals surface area (Å²) in [6.45, 7) is 0. The minimum atomic E-state index is 0.958. The zero-order chi connectivity index (χ0) is 6.53. The summed E-state index contributed by atoms with van der Waals surface area (Å²) >= 11 is 0. The normalized spacial score (nSPS) is 7.56. The molecule has 0 saturated heterocycles. The van der Waals surface area contributed by atoms with Crippen molar-refractivity contribution in [2.45, 2.75) is 0 Å². The molecule has 0 aliphatic carbocycles. The minimum Gasteiger partial charge on any atom is -0.167 e. The van der Waals surface area contributed by atoms with E-state index in [1.807, 2.05) is 30.3 Å². The van der Waals surface area contributed by atoms with Crippen molar-refractivity contribution in [2.24, 2.45) is 0 Å². The van der Waals surface area contributed by atoms with Gasteiger partial charge in [-0.05, 0) is 12.1 Å². The van der Waals surface area contributed by atoms with Crippen LogP contribution in [0, 0.1) is 11.7 Å². The molecule has 1 aromatic carbocycles. The molecule has 0 unspecified atom stereocenters. The van der Waals surface area contributed by atoms with Crippen LogP contribution in [-0.2, 0) is 0 Å². The van der Waals surface area contributed by atoms with E-state index >= 15 is 0 Å². The first-order valence-corrected chi connectivity index (χ1v) is 2.70. The van der Waals surface area contributed by atoms with Gasteiger partial charge in [-0.2, -0.15) is 5.82 Å². The van der Waals surface area contributed by atoms with Crippen molar-refractivity contribution in [3.8, 4) is 11.7 Å². The lowest BCUT2D eigenvalue weighted by Crippen LogP contribution is -1.68. The van der Waals surface area contributed by atoms with E-state index in [0.717, 1.165) is 5.56 Å². The number of rotatable bonds is 0. The second kappa shape index (κ2) is 2.99. The second-order valence-electron chi connectivity index (χ2n) is 1.64. The maximum atomic E-state index is 5.00. The molecule has 0 spiro atoms. The smallest absolute Gasteiger partial charge is 0.167 e. The molecule has 2 radical (unpaired) electrons. The van der Waals surface area contributed by atoms with Crippen LogP contribution in [0.15, 0.2) is 30.3 Å². The van der Waals surface area contributed by atoms with Gasteiger partial charge in [-0.15, -0.1) is 0 Å². The predicted octanol–water partition coefficient (Wildman–Crippen LogP) is 1.16. The number of hydrogen-bond acceptors (Lipinski definition) is 0. The van der Waals surface area contributed by atoms with Gasteiger partial charge in [-0.25, -0.2) is 0 Å². The lowest BCUT2D eigenvalue weighted by Gasteiger charge is -1.83. The summed E-state index contributed by atoms with van der Waals surface area (Å²) < 4.78 is 0. The molecule has 0 nitrogen and oxygen atoms in total. The topological polar surface area (TPSA) is 0 Å². The number of benzene rings is 1. The van der Waals surface area contributed by atoms with E-state index in [0.29, 0.717) is 0 Å². The minimum absolute atomic E-state index is 0.958. The van der Waals surface area contributed by atoms with Gasteiger partial charge in [0.2, 0.25) is 0 Å². The first-order valence-electron chi connectivity index (χ1n) is 2.70. The van der Waals surface area contributed by atoms with Gasteiger partial charge < -0.3 is 0 Å². The highest BCUT2D eigenvalue weighted by Crippen LogP contribution is 1.93. The van der Waals surface area contributed by atoms with Gasteiger partial charge in [0.25, 0.3) is 0 Å². The van der Waals surface area contributed by atoms with Crippen molar-refractivity contribution < 1.29 is 0 Å². The largest absolute Gasteiger partial charge is 0.188 e. The van der Waals surface area contributed by atoms with E-state index in [4.69, 9.17) is 7.85 Å². The molecular weight excluding hydrogens is 107 g/mol. The zero-order valence-electron chi connectivity index (χ0n) is 4.96. The summed E-state index contributed by atoms with van der Waals surface area (Å²) in [6.07, 6.45) is 0. The molecule has 0 bridgehead atoms. The molecule has 1 rings (SSSR count).